The summed E-state index contributed by atoms with van der Waals surface area (Å²) in [7, 11) is 0. The third-order valence-corrected chi connectivity index (χ3v) is 7.45. The lowest BCUT2D eigenvalue weighted by molar-refractivity contribution is -0.140. The van der Waals surface area contributed by atoms with Crippen molar-refractivity contribution in [2.45, 2.75) is 57.6 Å². The van der Waals surface area contributed by atoms with Gasteiger partial charge in [-0.15, -0.1) is 0 Å². The lowest BCUT2D eigenvalue weighted by Gasteiger charge is -2.32. The first kappa shape index (κ1) is 38.8. The van der Waals surface area contributed by atoms with Crippen molar-refractivity contribution in [2.24, 2.45) is 11.5 Å². The first-order chi connectivity index (χ1) is 24.2. The molecule has 0 saturated carbocycles. The minimum absolute atomic E-state index is 0.0469. The highest BCUT2D eigenvalue weighted by molar-refractivity contribution is 5.89. The van der Waals surface area contributed by atoms with Gasteiger partial charge in [0, 0.05) is 26.2 Å². The number of hydrogen-bond donors (Lipinski definition) is 5. The number of nitrogens with one attached hydrogen (secondary N) is 3. The zero-order chi connectivity index (χ0) is 36.0. The first-order valence-electron chi connectivity index (χ1n) is 16.4. The van der Waals surface area contributed by atoms with Crippen LogP contribution in [-0.2, 0) is 43.6 Å². The predicted molar refractivity (Wildman–Crippen MR) is 185 cm³/mol. The normalized spacial score (nSPS) is 11.7. The number of carbonyl (C=O) groups is 5. The molecule has 0 aliphatic carbocycles. The predicted octanol–water partition coefficient (Wildman–Crippen LogP) is 3.34. The van der Waals surface area contributed by atoms with Crippen molar-refractivity contribution in [1.29, 1.82) is 0 Å². The Morgan fingerprint density at radius 3 is 1.36 bits per heavy atom. The van der Waals surface area contributed by atoms with Crippen LogP contribution in [0.5, 0.6) is 0 Å². The van der Waals surface area contributed by atoms with Crippen LogP contribution in [0.4, 0.5) is 14.4 Å². The lowest BCUT2D eigenvalue weighted by atomic mass is 10.1. The van der Waals surface area contributed by atoms with Gasteiger partial charge in [0.05, 0.1) is 6.04 Å². The molecule has 7 N–H and O–H groups in total. The molecule has 0 heterocycles. The summed E-state index contributed by atoms with van der Waals surface area (Å²) in [6.45, 7) is 0.495. The van der Waals surface area contributed by atoms with E-state index in [2.05, 4.69) is 16.0 Å². The number of nitrogens with two attached hydrogens (primary N) is 2. The molecule has 0 aliphatic rings. The number of carbonyl (C=O) groups excluding carboxylic acids is 5. The summed E-state index contributed by atoms with van der Waals surface area (Å²) < 4.78 is 15.6. The van der Waals surface area contributed by atoms with Crippen LogP contribution < -0.4 is 27.4 Å². The highest BCUT2D eigenvalue weighted by Gasteiger charge is 2.31. The molecule has 3 rings (SSSR count). The van der Waals surface area contributed by atoms with Gasteiger partial charge in [-0.3, -0.25) is 9.59 Å². The van der Waals surface area contributed by atoms with E-state index in [1.54, 1.807) is 0 Å². The van der Waals surface area contributed by atoms with Crippen LogP contribution >= 0.6 is 0 Å². The zero-order valence-corrected chi connectivity index (χ0v) is 28.0. The van der Waals surface area contributed by atoms with Gasteiger partial charge in [0.15, 0.2) is 0 Å². The Morgan fingerprint density at radius 1 is 0.580 bits per heavy atom. The molecular formula is C36H46N6O8. The number of amides is 5. The van der Waals surface area contributed by atoms with Crippen molar-refractivity contribution >= 4 is 30.1 Å². The number of benzene rings is 3. The summed E-state index contributed by atoms with van der Waals surface area (Å²) in [6, 6.07) is 25.4. The van der Waals surface area contributed by atoms with Gasteiger partial charge in [-0.1, -0.05) is 91.0 Å². The van der Waals surface area contributed by atoms with E-state index in [0.29, 0.717) is 6.42 Å². The van der Waals surface area contributed by atoms with E-state index in [-0.39, 0.29) is 65.3 Å². The Bertz CT molecular complexity index is 1480. The van der Waals surface area contributed by atoms with Gasteiger partial charge in [-0.05, 0) is 42.4 Å². The van der Waals surface area contributed by atoms with E-state index in [1.165, 1.54) is 4.90 Å². The largest absolute Gasteiger partial charge is 0.445 e. The summed E-state index contributed by atoms with van der Waals surface area (Å²) in [5.74, 6) is -1.33. The van der Waals surface area contributed by atoms with E-state index in [1.807, 2.05) is 91.0 Å². The molecule has 0 aromatic heterocycles. The highest BCUT2D eigenvalue weighted by atomic mass is 16.6. The summed E-state index contributed by atoms with van der Waals surface area (Å²) in [6.07, 6.45) is -1.01. The zero-order valence-electron chi connectivity index (χ0n) is 28.0. The SMILES string of the molecule is NC(=O)[C@H](CCCNC(=O)OCc1ccccc1)N(CCNC(=O)OCc1ccccc1)C(=O)[C@@H](N)CCCNC(=O)OCc1ccccc1. The molecule has 0 aliphatic heterocycles. The topological polar surface area (TPSA) is 204 Å². The van der Waals surface area contributed by atoms with Crippen LogP contribution in [0.15, 0.2) is 91.0 Å². The summed E-state index contributed by atoms with van der Waals surface area (Å²) in [5, 5.41) is 7.84. The van der Waals surface area contributed by atoms with Crippen molar-refractivity contribution in [1.82, 2.24) is 20.9 Å². The standard InChI is InChI=1S/C36H46N6O8/c37-30(18-10-20-39-34(45)48-24-27-12-4-1-5-13-27)33(44)42(23-22-41-36(47)50-26-29-16-8-3-9-17-29)31(32(38)43)19-11-21-40-35(46)49-25-28-14-6-2-7-15-28/h1-9,12-17,30-31H,10-11,18-26,37H2,(H2,38,43)(H,39,45)(H,40,46)(H,41,47)/t30-,31-/m0/s1. The van der Waals surface area contributed by atoms with Crippen molar-refractivity contribution in [3.05, 3.63) is 108 Å². The summed E-state index contributed by atoms with van der Waals surface area (Å²) in [5.41, 5.74) is 14.5. The van der Waals surface area contributed by atoms with Gasteiger partial charge in [0.2, 0.25) is 11.8 Å². The monoisotopic (exact) mass is 690 g/mol. The van der Waals surface area contributed by atoms with Crippen LogP contribution in [0.25, 0.3) is 0 Å². The van der Waals surface area contributed by atoms with E-state index in [9.17, 15) is 24.0 Å². The molecule has 14 nitrogen and oxygen atoms in total. The van der Waals surface area contributed by atoms with E-state index in [0.717, 1.165) is 16.7 Å². The second kappa shape index (κ2) is 22.1. The van der Waals surface area contributed by atoms with Crippen molar-refractivity contribution < 1.29 is 38.2 Å². The van der Waals surface area contributed by atoms with Crippen molar-refractivity contribution in [3.63, 3.8) is 0 Å². The van der Waals surface area contributed by atoms with Crippen LogP contribution in [0.3, 0.4) is 0 Å². The Balaban J connectivity index is 1.50. The van der Waals surface area contributed by atoms with Gasteiger partial charge < -0.3 is 46.5 Å². The summed E-state index contributed by atoms with van der Waals surface area (Å²) in [4.78, 5) is 64.0. The molecule has 0 spiro atoms. The smallest absolute Gasteiger partial charge is 0.407 e. The highest BCUT2D eigenvalue weighted by Crippen LogP contribution is 2.11. The fraction of sp³-hybridized carbons (Fsp3) is 0.361. The van der Waals surface area contributed by atoms with Crippen LogP contribution in [0.1, 0.15) is 42.4 Å². The average molecular weight is 691 g/mol. The molecule has 0 bridgehead atoms. The summed E-state index contributed by atoms with van der Waals surface area (Å²) >= 11 is 0. The molecule has 2 atom stereocenters. The average Bonchev–Trinajstić information content (AvgIpc) is 3.13. The molecule has 3 aromatic rings. The maximum absolute atomic E-state index is 13.6. The molecule has 0 radical (unpaired) electrons. The van der Waals surface area contributed by atoms with Crippen molar-refractivity contribution in [2.75, 3.05) is 26.2 Å². The number of alkyl carbamates (subject to hydrolysis) is 3. The second-order valence-electron chi connectivity index (χ2n) is 11.3. The van der Waals surface area contributed by atoms with Gasteiger partial charge in [0.25, 0.3) is 0 Å². The Kier molecular flexibility index (Phi) is 17.1. The molecule has 0 fully saturated rings. The van der Waals surface area contributed by atoms with E-state index < -0.39 is 42.2 Å². The minimum atomic E-state index is -1.08. The Morgan fingerprint density at radius 2 is 0.960 bits per heavy atom. The van der Waals surface area contributed by atoms with Crippen LogP contribution in [-0.4, -0.2) is 73.3 Å². The fourth-order valence-corrected chi connectivity index (χ4v) is 4.81. The third-order valence-electron chi connectivity index (χ3n) is 7.45. The fourth-order valence-electron chi connectivity index (χ4n) is 4.81. The van der Waals surface area contributed by atoms with Gasteiger partial charge >= 0.3 is 18.3 Å². The van der Waals surface area contributed by atoms with Gasteiger partial charge in [-0.2, -0.15) is 0 Å². The number of ether oxygens (including phenoxy) is 3. The molecule has 14 heteroatoms. The number of nitrogens with zero attached hydrogens (tertiary/aromatic N) is 1. The molecule has 0 saturated heterocycles. The molecule has 268 valence electrons. The molecular weight excluding hydrogens is 644 g/mol. The lowest BCUT2D eigenvalue weighted by Crippen LogP contribution is -2.55. The second-order valence-corrected chi connectivity index (χ2v) is 11.3. The molecule has 3 aromatic carbocycles. The maximum atomic E-state index is 13.6. The maximum Gasteiger partial charge on any atom is 0.407 e. The number of rotatable bonds is 20. The third kappa shape index (κ3) is 15.1. The van der Waals surface area contributed by atoms with Gasteiger partial charge in [0.1, 0.15) is 25.9 Å². The van der Waals surface area contributed by atoms with Crippen LogP contribution in [0.2, 0.25) is 0 Å². The number of hydrogen-bond acceptors (Lipinski definition) is 9. The molecule has 5 amide bonds. The molecule has 50 heavy (non-hydrogen) atoms. The van der Waals surface area contributed by atoms with Crippen LogP contribution in [0, 0.1) is 0 Å². The van der Waals surface area contributed by atoms with Gasteiger partial charge in [-0.25, -0.2) is 14.4 Å². The quantitative estimate of drug-likeness (QED) is 0.0870. The van der Waals surface area contributed by atoms with Crippen molar-refractivity contribution in [3.8, 4) is 0 Å². The molecule has 0 unspecified atom stereocenters. The Labute approximate surface area is 291 Å². The van der Waals surface area contributed by atoms with E-state index in [4.69, 9.17) is 25.7 Å². The minimum Gasteiger partial charge on any atom is -0.445 e. The Hall–Kier alpha value is -5.63. The van der Waals surface area contributed by atoms with E-state index >= 15 is 0 Å². The number of primary amides is 1. The first-order valence-corrected chi connectivity index (χ1v) is 16.4.